The quantitative estimate of drug-likeness (QED) is 0.601. The molecule has 0 radical (unpaired) electrons. The second kappa shape index (κ2) is 4.71. The molecule has 2 N–H and O–H groups in total. The van der Waals surface area contributed by atoms with E-state index in [9.17, 15) is 0 Å². The molecule has 0 bridgehead atoms. The van der Waals surface area contributed by atoms with Crippen molar-refractivity contribution in [2.45, 2.75) is 0 Å². The first-order valence-electron chi connectivity index (χ1n) is 6.47. The first kappa shape index (κ1) is 12.1. The van der Waals surface area contributed by atoms with Gasteiger partial charge in [0.05, 0.1) is 5.39 Å². The molecule has 0 spiro atoms. The number of rotatable bonds is 2. The lowest BCUT2D eigenvalue weighted by molar-refractivity contribution is 0.470. The smallest absolute Gasteiger partial charge is 0.232 e. The highest BCUT2D eigenvalue weighted by Crippen LogP contribution is 2.32. The summed E-state index contributed by atoms with van der Waals surface area (Å²) in [4.78, 5) is 9.22. The molecule has 102 valence electrons. The summed E-state index contributed by atoms with van der Waals surface area (Å²) < 4.78 is 5.91. The fourth-order valence-corrected chi connectivity index (χ4v) is 3.03. The number of nitrogen functional groups attached to an aromatic ring is 1. The van der Waals surface area contributed by atoms with E-state index in [1.165, 1.54) is 16.7 Å². The van der Waals surface area contributed by atoms with Crippen molar-refractivity contribution in [2.75, 3.05) is 5.73 Å². The number of anilines is 1. The Morgan fingerprint density at radius 2 is 1.81 bits per heavy atom. The lowest BCUT2D eigenvalue weighted by Gasteiger charge is -2.07. The van der Waals surface area contributed by atoms with E-state index in [1.54, 1.807) is 0 Å². The maximum absolute atomic E-state index is 5.91. The number of nitrogens with zero attached hydrogens (tertiary/aromatic N) is 2. The molecule has 21 heavy (non-hydrogen) atoms. The lowest BCUT2D eigenvalue weighted by atomic mass is 10.1. The predicted molar refractivity (Wildman–Crippen MR) is 85.8 cm³/mol. The summed E-state index contributed by atoms with van der Waals surface area (Å²) in [5.74, 6) is 1.45. The summed E-state index contributed by atoms with van der Waals surface area (Å²) in [6, 6.07) is 16.0. The molecule has 2 aromatic carbocycles. The van der Waals surface area contributed by atoms with Crippen LogP contribution in [-0.2, 0) is 0 Å². The van der Waals surface area contributed by atoms with Crippen molar-refractivity contribution in [1.29, 1.82) is 0 Å². The van der Waals surface area contributed by atoms with Gasteiger partial charge < -0.3 is 10.5 Å². The van der Waals surface area contributed by atoms with Crippen LogP contribution in [0.4, 0.5) is 5.95 Å². The normalized spacial score (nSPS) is 11.0. The SMILES string of the molecule is Nc1nc(Oc2ccc3ccccc3c2)c2ccsc2n1. The molecule has 4 nitrogen and oxygen atoms in total. The summed E-state index contributed by atoms with van der Waals surface area (Å²) in [6.45, 7) is 0. The third-order valence-corrected chi connectivity index (χ3v) is 4.05. The van der Waals surface area contributed by atoms with Gasteiger partial charge in [-0.2, -0.15) is 4.98 Å². The Hall–Kier alpha value is -2.66. The number of fused-ring (bicyclic) bond motifs is 2. The lowest BCUT2D eigenvalue weighted by Crippen LogP contribution is -1.97. The van der Waals surface area contributed by atoms with E-state index in [1.807, 2.05) is 41.8 Å². The van der Waals surface area contributed by atoms with Crippen LogP contribution in [0.3, 0.4) is 0 Å². The minimum atomic E-state index is 0.223. The Morgan fingerprint density at radius 1 is 0.952 bits per heavy atom. The van der Waals surface area contributed by atoms with E-state index in [0.717, 1.165) is 21.4 Å². The number of hydrogen-bond acceptors (Lipinski definition) is 5. The largest absolute Gasteiger partial charge is 0.438 e. The number of thiophene rings is 1. The molecule has 0 unspecified atom stereocenters. The molecule has 0 amide bonds. The Labute approximate surface area is 124 Å². The molecule has 0 atom stereocenters. The van der Waals surface area contributed by atoms with E-state index in [4.69, 9.17) is 10.5 Å². The van der Waals surface area contributed by atoms with Gasteiger partial charge in [0.25, 0.3) is 0 Å². The van der Waals surface area contributed by atoms with Crippen LogP contribution in [0.2, 0.25) is 0 Å². The first-order chi connectivity index (χ1) is 10.3. The Morgan fingerprint density at radius 3 is 2.71 bits per heavy atom. The van der Waals surface area contributed by atoms with Crippen molar-refractivity contribution >= 4 is 38.3 Å². The first-order valence-corrected chi connectivity index (χ1v) is 7.35. The third kappa shape index (κ3) is 2.17. The minimum absolute atomic E-state index is 0.223. The molecular weight excluding hydrogens is 282 g/mol. The van der Waals surface area contributed by atoms with Crippen LogP contribution in [0.15, 0.2) is 53.9 Å². The van der Waals surface area contributed by atoms with E-state index in [0.29, 0.717) is 5.88 Å². The number of benzene rings is 2. The Balaban J connectivity index is 1.80. The van der Waals surface area contributed by atoms with Gasteiger partial charge in [-0.1, -0.05) is 30.3 Å². The van der Waals surface area contributed by atoms with Gasteiger partial charge in [0.15, 0.2) is 0 Å². The fraction of sp³-hybridized carbons (Fsp3) is 0. The monoisotopic (exact) mass is 293 g/mol. The molecule has 0 aliphatic heterocycles. The van der Waals surface area contributed by atoms with Crippen LogP contribution in [0.1, 0.15) is 0 Å². The molecule has 0 fully saturated rings. The summed E-state index contributed by atoms with van der Waals surface area (Å²) in [5, 5.41) is 5.13. The van der Waals surface area contributed by atoms with Crippen molar-refractivity contribution in [1.82, 2.24) is 9.97 Å². The molecular formula is C16H11N3OS. The molecule has 0 saturated carbocycles. The van der Waals surface area contributed by atoms with Gasteiger partial charge in [-0.05, 0) is 34.4 Å². The van der Waals surface area contributed by atoms with Gasteiger partial charge in [-0.25, -0.2) is 4.98 Å². The summed E-state index contributed by atoms with van der Waals surface area (Å²) in [6.07, 6.45) is 0. The topological polar surface area (TPSA) is 61.0 Å². The van der Waals surface area contributed by atoms with E-state index >= 15 is 0 Å². The zero-order valence-electron chi connectivity index (χ0n) is 11.0. The van der Waals surface area contributed by atoms with Gasteiger partial charge in [0, 0.05) is 0 Å². The molecule has 4 rings (SSSR count). The molecule has 4 aromatic rings. The number of ether oxygens (including phenoxy) is 1. The molecule has 0 aliphatic rings. The maximum atomic E-state index is 5.91. The summed E-state index contributed by atoms with van der Waals surface area (Å²) in [7, 11) is 0. The molecule has 0 saturated heterocycles. The average Bonchev–Trinajstić information content (AvgIpc) is 2.95. The molecule has 0 aliphatic carbocycles. The van der Waals surface area contributed by atoms with Gasteiger partial charge in [0.1, 0.15) is 10.6 Å². The van der Waals surface area contributed by atoms with Crippen LogP contribution >= 0.6 is 11.3 Å². The van der Waals surface area contributed by atoms with Crippen molar-refractivity contribution in [3.63, 3.8) is 0 Å². The maximum Gasteiger partial charge on any atom is 0.232 e. The van der Waals surface area contributed by atoms with Gasteiger partial charge in [-0.15, -0.1) is 11.3 Å². The van der Waals surface area contributed by atoms with E-state index in [2.05, 4.69) is 22.1 Å². The van der Waals surface area contributed by atoms with Gasteiger partial charge >= 0.3 is 0 Å². The van der Waals surface area contributed by atoms with Crippen molar-refractivity contribution < 1.29 is 4.74 Å². The van der Waals surface area contributed by atoms with Crippen LogP contribution in [0.25, 0.3) is 21.0 Å². The molecule has 2 aromatic heterocycles. The van der Waals surface area contributed by atoms with Crippen LogP contribution in [0, 0.1) is 0 Å². The Bertz CT molecular complexity index is 948. The van der Waals surface area contributed by atoms with Gasteiger partial charge in [-0.3, -0.25) is 0 Å². The Kier molecular flexibility index (Phi) is 2.72. The van der Waals surface area contributed by atoms with Crippen LogP contribution in [0.5, 0.6) is 11.6 Å². The third-order valence-electron chi connectivity index (χ3n) is 3.24. The second-order valence-corrected chi connectivity index (χ2v) is 5.53. The zero-order valence-corrected chi connectivity index (χ0v) is 11.8. The second-order valence-electron chi connectivity index (χ2n) is 4.64. The fourth-order valence-electron chi connectivity index (χ4n) is 2.26. The highest BCUT2D eigenvalue weighted by molar-refractivity contribution is 7.16. The highest BCUT2D eigenvalue weighted by atomic mass is 32.1. The summed E-state index contributed by atoms with van der Waals surface area (Å²) in [5.41, 5.74) is 5.73. The average molecular weight is 293 g/mol. The van der Waals surface area contributed by atoms with E-state index < -0.39 is 0 Å². The van der Waals surface area contributed by atoms with E-state index in [-0.39, 0.29) is 5.95 Å². The predicted octanol–water partition coefficient (Wildman–Crippen LogP) is 4.22. The van der Waals surface area contributed by atoms with Crippen LogP contribution < -0.4 is 10.5 Å². The molecule has 5 heteroatoms. The minimum Gasteiger partial charge on any atom is -0.438 e. The molecule has 2 heterocycles. The summed E-state index contributed by atoms with van der Waals surface area (Å²) >= 11 is 1.52. The number of aromatic nitrogens is 2. The number of nitrogens with two attached hydrogens (primary N) is 1. The van der Waals surface area contributed by atoms with Gasteiger partial charge in [0.2, 0.25) is 11.8 Å². The highest BCUT2D eigenvalue weighted by Gasteiger charge is 2.09. The standard InChI is InChI=1S/C16H11N3OS/c17-16-18-14(13-7-8-21-15(13)19-16)20-12-6-5-10-3-1-2-4-11(10)9-12/h1-9H,(H2,17,18,19). The van der Waals surface area contributed by atoms with Crippen molar-refractivity contribution in [2.24, 2.45) is 0 Å². The van der Waals surface area contributed by atoms with Crippen molar-refractivity contribution in [3.8, 4) is 11.6 Å². The number of hydrogen-bond donors (Lipinski definition) is 1. The van der Waals surface area contributed by atoms with Crippen LogP contribution in [-0.4, -0.2) is 9.97 Å². The van der Waals surface area contributed by atoms with Crippen molar-refractivity contribution in [3.05, 3.63) is 53.9 Å². The zero-order chi connectivity index (χ0) is 14.2.